The Morgan fingerprint density at radius 2 is 1.94 bits per heavy atom. The number of amides is 1. The van der Waals surface area contributed by atoms with Crippen molar-refractivity contribution in [1.82, 2.24) is 5.32 Å². The highest BCUT2D eigenvalue weighted by Crippen LogP contribution is 2.04. The van der Waals surface area contributed by atoms with Gasteiger partial charge in [-0.2, -0.15) is 0 Å². The molecule has 88 valence electrons. The summed E-state index contributed by atoms with van der Waals surface area (Å²) in [5.74, 6) is -0.429. The molecule has 0 heterocycles. The average Bonchev–Trinajstić information content (AvgIpc) is 2.35. The van der Waals surface area contributed by atoms with E-state index in [1.807, 2.05) is 24.3 Å². The number of hydrogen-bond donors (Lipinski definition) is 3. The first-order chi connectivity index (χ1) is 7.67. The van der Waals surface area contributed by atoms with Gasteiger partial charge in [-0.3, -0.25) is 4.79 Å². The lowest BCUT2D eigenvalue weighted by Crippen LogP contribution is -2.38. The maximum atomic E-state index is 11.2. The van der Waals surface area contributed by atoms with Crippen molar-refractivity contribution in [3.8, 4) is 0 Å². The van der Waals surface area contributed by atoms with Crippen LogP contribution in [0.3, 0.4) is 0 Å². The summed E-state index contributed by atoms with van der Waals surface area (Å²) in [6.45, 7) is 2.45. The number of aliphatic hydroxyl groups excluding tert-OH is 1. The summed E-state index contributed by atoms with van der Waals surface area (Å²) in [6, 6.07) is 7.99. The van der Waals surface area contributed by atoms with E-state index < -0.39 is 12.0 Å². The van der Waals surface area contributed by atoms with Gasteiger partial charge in [-0.15, -0.1) is 0 Å². The summed E-state index contributed by atoms with van der Waals surface area (Å²) in [5, 5.41) is 11.8. The third-order valence-electron chi connectivity index (χ3n) is 2.42. The number of benzene rings is 1. The van der Waals surface area contributed by atoms with Crippen molar-refractivity contribution < 1.29 is 9.90 Å². The summed E-state index contributed by atoms with van der Waals surface area (Å²) in [4.78, 5) is 11.2. The first-order valence-corrected chi connectivity index (χ1v) is 5.41. The summed E-state index contributed by atoms with van der Waals surface area (Å²) >= 11 is 0. The maximum Gasteiger partial charge on any atom is 0.250 e. The van der Waals surface area contributed by atoms with Gasteiger partial charge in [0.05, 0.1) is 0 Å². The van der Waals surface area contributed by atoms with Crippen molar-refractivity contribution in [3.63, 3.8) is 0 Å². The number of nitrogens with one attached hydrogen (secondary N) is 1. The number of aliphatic hydroxyl groups is 1. The lowest BCUT2D eigenvalue weighted by Gasteiger charge is -2.09. The number of hydrogen-bond acceptors (Lipinski definition) is 3. The van der Waals surface area contributed by atoms with E-state index in [0.29, 0.717) is 6.54 Å². The molecule has 1 unspecified atom stereocenters. The molecule has 1 amide bonds. The molecule has 0 spiro atoms. The predicted molar refractivity (Wildman–Crippen MR) is 62.7 cm³/mol. The highest BCUT2D eigenvalue weighted by Gasteiger charge is 2.11. The van der Waals surface area contributed by atoms with Gasteiger partial charge in [-0.25, -0.2) is 0 Å². The monoisotopic (exact) mass is 222 g/mol. The van der Waals surface area contributed by atoms with Crippen LogP contribution >= 0.6 is 0 Å². The minimum Gasteiger partial charge on any atom is -0.382 e. The normalized spacial score (nSPS) is 12.2. The van der Waals surface area contributed by atoms with Crippen LogP contribution in [0.1, 0.15) is 18.1 Å². The fraction of sp³-hybridized carbons (Fsp3) is 0.417. The van der Waals surface area contributed by atoms with Gasteiger partial charge in [0.2, 0.25) is 5.91 Å². The van der Waals surface area contributed by atoms with Gasteiger partial charge in [0.1, 0.15) is 6.10 Å². The molecule has 0 fully saturated rings. The predicted octanol–water partition coefficient (Wildman–Crippen LogP) is 0.185. The minimum atomic E-state index is -1.12. The Balaban J connectivity index is 2.45. The van der Waals surface area contributed by atoms with Crippen molar-refractivity contribution in [2.45, 2.75) is 26.0 Å². The van der Waals surface area contributed by atoms with Gasteiger partial charge >= 0.3 is 0 Å². The standard InChI is InChI=1S/C12H18N2O2/c1-2-9-3-5-10(6-4-9)8-14-12(16)11(15)7-13/h3-6,11,15H,2,7-8,13H2,1H3,(H,14,16). The largest absolute Gasteiger partial charge is 0.382 e. The zero-order chi connectivity index (χ0) is 12.0. The molecule has 1 atom stereocenters. The first-order valence-electron chi connectivity index (χ1n) is 5.41. The van der Waals surface area contributed by atoms with Crippen LogP contribution in [0.25, 0.3) is 0 Å². The molecule has 0 bridgehead atoms. The lowest BCUT2D eigenvalue weighted by molar-refractivity contribution is -0.128. The summed E-state index contributed by atoms with van der Waals surface area (Å²) in [6.07, 6.45) is -0.117. The summed E-state index contributed by atoms with van der Waals surface area (Å²) in [7, 11) is 0. The number of carbonyl (C=O) groups excluding carboxylic acids is 1. The highest BCUT2D eigenvalue weighted by atomic mass is 16.3. The van der Waals surface area contributed by atoms with Gasteiger partial charge in [0.25, 0.3) is 0 Å². The Kier molecular flexibility index (Phi) is 4.95. The molecule has 4 nitrogen and oxygen atoms in total. The van der Waals surface area contributed by atoms with Crippen molar-refractivity contribution in [2.75, 3.05) is 6.54 Å². The number of rotatable bonds is 5. The van der Waals surface area contributed by atoms with Crippen molar-refractivity contribution >= 4 is 5.91 Å². The van der Waals surface area contributed by atoms with Crippen LogP contribution in [0.2, 0.25) is 0 Å². The van der Waals surface area contributed by atoms with Crippen LogP contribution in [0.15, 0.2) is 24.3 Å². The fourth-order valence-electron chi connectivity index (χ4n) is 1.31. The van der Waals surface area contributed by atoms with E-state index in [9.17, 15) is 4.79 Å². The molecule has 0 saturated heterocycles. The van der Waals surface area contributed by atoms with Crippen molar-refractivity contribution in [3.05, 3.63) is 35.4 Å². The third-order valence-corrected chi connectivity index (χ3v) is 2.42. The van der Waals surface area contributed by atoms with Crippen LogP contribution in [-0.2, 0) is 17.8 Å². The average molecular weight is 222 g/mol. The molecule has 0 saturated carbocycles. The fourth-order valence-corrected chi connectivity index (χ4v) is 1.31. The van der Waals surface area contributed by atoms with Crippen LogP contribution in [0.4, 0.5) is 0 Å². The van der Waals surface area contributed by atoms with Crippen LogP contribution in [-0.4, -0.2) is 23.7 Å². The molecule has 0 aromatic heterocycles. The van der Waals surface area contributed by atoms with Gasteiger partial charge in [0.15, 0.2) is 0 Å². The maximum absolute atomic E-state index is 11.2. The smallest absolute Gasteiger partial charge is 0.250 e. The van der Waals surface area contributed by atoms with Gasteiger partial charge in [-0.1, -0.05) is 31.2 Å². The summed E-state index contributed by atoms with van der Waals surface area (Å²) < 4.78 is 0. The molecule has 1 rings (SSSR count). The molecule has 1 aromatic carbocycles. The zero-order valence-electron chi connectivity index (χ0n) is 9.44. The molecule has 1 aromatic rings. The van der Waals surface area contributed by atoms with Gasteiger partial charge in [0, 0.05) is 13.1 Å². The topological polar surface area (TPSA) is 75.3 Å². The molecule has 4 heteroatoms. The van der Waals surface area contributed by atoms with Crippen LogP contribution in [0, 0.1) is 0 Å². The van der Waals surface area contributed by atoms with E-state index >= 15 is 0 Å². The van der Waals surface area contributed by atoms with Crippen LogP contribution < -0.4 is 11.1 Å². The highest BCUT2D eigenvalue weighted by molar-refractivity contribution is 5.80. The minimum absolute atomic E-state index is 0.0550. The Morgan fingerprint density at radius 3 is 2.44 bits per heavy atom. The second-order valence-corrected chi connectivity index (χ2v) is 3.64. The first kappa shape index (κ1) is 12.7. The Bertz CT molecular complexity index is 335. The molecular formula is C12H18N2O2. The van der Waals surface area contributed by atoms with E-state index in [1.54, 1.807) is 0 Å². The van der Waals surface area contributed by atoms with Crippen molar-refractivity contribution in [2.24, 2.45) is 5.73 Å². The van der Waals surface area contributed by atoms with E-state index in [4.69, 9.17) is 10.8 Å². The third kappa shape index (κ3) is 3.64. The zero-order valence-corrected chi connectivity index (χ0v) is 9.44. The molecule has 0 aliphatic carbocycles. The van der Waals surface area contributed by atoms with E-state index in [2.05, 4.69) is 12.2 Å². The number of aryl methyl sites for hydroxylation is 1. The van der Waals surface area contributed by atoms with Crippen molar-refractivity contribution in [1.29, 1.82) is 0 Å². The molecular weight excluding hydrogens is 204 g/mol. The number of carbonyl (C=O) groups is 1. The van der Waals surface area contributed by atoms with E-state index in [1.165, 1.54) is 5.56 Å². The lowest BCUT2D eigenvalue weighted by atomic mass is 10.1. The molecule has 0 aliphatic heterocycles. The molecule has 0 aliphatic rings. The molecule has 4 N–H and O–H groups in total. The Hall–Kier alpha value is -1.39. The Morgan fingerprint density at radius 1 is 1.38 bits per heavy atom. The molecule has 16 heavy (non-hydrogen) atoms. The van der Waals surface area contributed by atoms with E-state index in [0.717, 1.165) is 12.0 Å². The van der Waals surface area contributed by atoms with Crippen LogP contribution in [0.5, 0.6) is 0 Å². The second-order valence-electron chi connectivity index (χ2n) is 3.64. The quantitative estimate of drug-likeness (QED) is 0.665. The number of nitrogens with two attached hydrogens (primary N) is 1. The summed E-state index contributed by atoms with van der Waals surface area (Å²) in [5.41, 5.74) is 7.44. The van der Waals surface area contributed by atoms with E-state index in [-0.39, 0.29) is 6.54 Å². The Labute approximate surface area is 95.5 Å². The van der Waals surface area contributed by atoms with Gasteiger partial charge < -0.3 is 16.2 Å². The second kappa shape index (κ2) is 6.25. The van der Waals surface area contributed by atoms with Gasteiger partial charge in [-0.05, 0) is 17.5 Å². The molecule has 0 radical (unpaired) electrons. The SMILES string of the molecule is CCc1ccc(CNC(=O)C(O)CN)cc1.